The maximum Gasteiger partial charge on any atom is 0.166 e. The van der Waals surface area contributed by atoms with Gasteiger partial charge >= 0.3 is 0 Å². The molecule has 0 atom stereocenters. The number of halogens is 3. The van der Waals surface area contributed by atoms with Gasteiger partial charge in [-0.15, -0.1) is 0 Å². The maximum absolute atomic E-state index is 12.6. The van der Waals surface area contributed by atoms with Crippen molar-refractivity contribution < 1.29 is 14.3 Å². The van der Waals surface area contributed by atoms with Gasteiger partial charge in [0.15, 0.2) is 11.0 Å². The van der Waals surface area contributed by atoms with Crippen LogP contribution in [0.15, 0.2) is 6.07 Å². The van der Waals surface area contributed by atoms with E-state index < -0.39 is 22.5 Å². The van der Waals surface area contributed by atoms with Gasteiger partial charge in [-0.25, -0.2) is 9.37 Å². The van der Waals surface area contributed by atoms with Gasteiger partial charge in [0.1, 0.15) is 5.15 Å². The molecule has 0 saturated carbocycles. The highest BCUT2D eigenvalue weighted by atomic mass is 35.5. The fraction of sp³-hybridized carbons (Fsp3) is 0. The number of pyridine rings is 1. The molecule has 0 fully saturated rings. The van der Waals surface area contributed by atoms with Crippen molar-refractivity contribution in [1.29, 1.82) is 0 Å². The number of aromatic carboxylic acids is 1. The normalized spacial score (nSPS) is 9.92. The minimum Gasteiger partial charge on any atom is -0.545 e. The molecule has 64 valence electrons. The summed E-state index contributed by atoms with van der Waals surface area (Å²) in [7, 11) is 0. The standard InChI is InChI=1S/C6H2Cl2FNO2/c7-4-2(6(11)12)1-3(9)5(8)10-4/h1H,(H,11,12)/p-1. The predicted octanol–water partition coefficient (Wildman–Crippen LogP) is 0.891. The molecule has 1 rings (SSSR count). The summed E-state index contributed by atoms with van der Waals surface area (Å²) in [5, 5.41) is 9.38. The van der Waals surface area contributed by atoms with E-state index in [1.807, 2.05) is 0 Å². The molecule has 3 nitrogen and oxygen atoms in total. The van der Waals surface area contributed by atoms with E-state index >= 15 is 0 Å². The second-order valence-electron chi connectivity index (χ2n) is 1.89. The van der Waals surface area contributed by atoms with Gasteiger partial charge in [-0.1, -0.05) is 23.2 Å². The number of nitrogens with zero attached hydrogens (tertiary/aromatic N) is 1. The molecular weight excluding hydrogens is 208 g/mol. The van der Waals surface area contributed by atoms with E-state index in [9.17, 15) is 14.3 Å². The summed E-state index contributed by atoms with van der Waals surface area (Å²) >= 11 is 10.5. The van der Waals surface area contributed by atoms with Crippen molar-refractivity contribution in [3.05, 3.63) is 27.8 Å². The van der Waals surface area contributed by atoms with Gasteiger partial charge in [-0.2, -0.15) is 0 Å². The summed E-state index contributed by atoms with van der Waals surface area (Å²) in [4.78, 5) is 13.5. The molecule has 0 amide bonds. The fourth-order valence-electron chi connectivity index (χ4n) is 0.589. The van der Waals surface area contributed by atoms with Crippen molar-refractivity contribution in [3.63, 3.8) is 0 Å². The van der Waals surface area contributed by atoms with Gasteiger partial charge in [0.05, 0.1) is 5.97 Å². The number of hydrogen-bond donors (Lipinski definition) is 0. The molecular formula is C6HCl2FNO2-. The molecule has 0 aliphatic heterocycles. The number of carbonyl (C=O) groups excluding carboxylic acids is 1. The van der Waals surface area contributed by atoms with Gasteiger partial charge in [-0.3, -0.25) is 0 Å². The van der Waals surface area contributed by atoms with Crippen LogP contribution < -0.4 is 5.11 Å². The van der Waals surface area contributed by atoms with Crippen LogP contribution in [0.3, 0.4) is 0 Å². The summed E-state index contributed by atoms with van der Waals surface area (Å²) in [5.41, 5.74) is -0.515. The molecule has 0 N–H and O–H groups in total. The number of carboxylic acids is 1. The van der Waals surface area contributed by atoms with E-state index in [1.165, 1.54) is 0 Å². The third kappa shape index (κ3) is 1.65. The average Bonchev–Trinajstić information content (AvgIpc) is 1.96. The zero-order valence-corrected chi connectivity index (χ0v) is 6.99. The minimum absolute atomic E-state index is 0.388. The second kappa shape index (κ2) is 3.25. The first-order chi connectivity index (χ1) is 5.52. The van der Waals surface area contributed by atoms with E-state index in [2.05, 4.69) is 4.98 Å². The van der Waals surface area contributed by atoms with Crippen molar-refractivity contribution in [2.75, 3.05) is 0 Å². The third-order valence-corrected chi connectivity index (χ3v) is 1.66. The molecule has 0 spiro atoms. The molecule has 1 aromatic heterocycles. The van der Waals surface area contributed by atoms with Crippen molar-refractivity contribution in [1.82, 2.24) is 4.98 Å². The molecule has 0 aliphatic rings. The smallest absolute Gasteiger partial charge is 0.166 e. The molecule has 0 saturated heterocycles. The monoisotopic (exact) mass is 208 g/mol. The van der Waals surface area contributed by atoms with Crippen LogP contribution in [0.5, 0.6) is 0 Å². The molecule has 6 heteroatoms. The Kier molecular flexibility index (Phi) is 2.49. The first-order valence-corrected chi connectivity index (χ1v) is 3.51. The van der Waals surface area contributed by atoms with Crippen LogP contribution in [-0.2, 0) is 0 Å². The summed E-state index contributed by atoms with van der Waals surface area (Å²) < 4.78 is 12.6. The third-order valence-electron chi connectivity index (χ3n) is 1.11. The van der Waals surface area contributed by atoms with Gasteiger partial charge in [0.25, 0.3) is 0 Å². The van der Waals surface area contributed by atoms with Crippen molar-refractivity contribution >= 4 is 29.2 Å². The summed E-state index contributed by atoms with van der Waals surface area (Å²) in [5.74, 6) is -2.54. The highest BCUT2D eigenvalue weighted by molar-refractivity contribution is 6.34. The zero-order valence-electron chi connectivity index (χ0n) is 5.47. The van der Waals surface area contributed by atoms with Crippen LogP contribution in [0.4, 0.5) is 4.39 Å². The van der Waals surface area contributed by atoms with Crippen LogP contribution in [-0.4, -0.2) is 11.0 Å². The van der Waals surface area contributed by atoms with Gasteiger partial charge in [-0.05, 0) is 6.07 Å². The van der Waals surface area contributed by atoms with E-state index in [-0.39, 0.29) is 5.15 Å². The largest absolute Gasteiger partial charge is 0.545 e. The molecule has 0 aromatic carbocycles. The Morgan fingerprint density at radius 3 is 2.58 bits per heavy atom. The number of carboxylic acid groups (broad SMARTS) is 1. The number of aromatic nitrogens is 1. The Morgan fingerprint density at radius 1 is 1.50 bits per heavy atom. The zero-order chi connectivity index (χ0) is 9.30. The van der Waals surface area contributed by atoms with Crippen LogP contribution in [0.1, 0.15) is 10.4 Å². The Hall–Kier alpha value is -0.870. The number of rotatable bonds is 1. The topological polar surface area (TPSA) is 53.0 Å². The van der Waals surface area contributed by atoms with Crippen molar-refractivity contribution in [2.45, 2.75) is 0 Å². The molecule has 12 heavy (non-hydrogen) atoms. The minimum atomic E-state index is -1.59. The Bertz CT molecular complexity index is 343. The van der Waals surface area contributed by atoms with Crippen LogP contribution in [0.2, 0.25) is 10.3 Å². The first kappa shape index (κ1) is 9.22. The number of hydrogen-bond acceptors (Lipinski definition) is 3. The van der Waals surface area contributed by atoms with Gasteiger partial charge in [0.2, 0.25) is 0 Å². The van der Waals surface area contributed by atoms with E-state index in [1.54, 1.807) is 0 Å². The maximum atomic E-state index is 12.6. The molecule has 1 aromatic rings. The summed E-state index contributed by atoms with van der Waals surface area (Å²) in [6.07, 6.45) is 0. The predicted molar refractivity (Wildman–Crippen MR) is 38.5 cm³/mol. The quantitative estimate of drug-likeness (QED) is 0.645. The lowest BCUT2D eigenvalue weighted by atomic mass is 10.3. The molecule has 0 unspecified atom stereocenters. The van der Waals surface area contributed by atoms with E-state index in [4.69, 9.17) is 23.2 Å². The Balaban J connectivity index is 3.33. The summed E-state index contributed by atoms with van der Waals surface area (Å²) in [6, 6.07) is 0.660. The first-order valence-electron chi connectivity index (χ1n) is 2.75. The highest BCUT2D eigenvalue weighted by Crippen LogP contribution is 2.19. The molecule has 0 radical (unpaired) electrons. The lowest BCUT2D eigenvalue weighted by Gasteiger charge is -2.04. The highest BCUT2D eigenvalue weighted by Gasteiger charge is 2.08. The summed E-state index contributed by atoms with van der Waals surface area (Å²) in [6.45, 7) is 0. The van der Waals surface area contributed by atoms with Gasteiger partial charge in [0, 0.05) is 5.56 Å². The fourth-order valence-corrected chi connectivity index (χ4v) is 0.987. The van der Waals surface area contributed by atoms with E-state index in [0.717, 1.165) is 0 Å². The van der Waals surface area contributed by atoms with Gasteiger partial charge < -0.3 is 9.90 Å². The number of carbonyl (C=O) groups is 1. The molecule has 0 bridgehead atoms. The molecule has 0 aliphatic carbocycles. The van der Waals surface area contributed by atoms with Crippen molar-refractivity contribution in [3.8, 4) is 0 Å². The average molecular weight is 209 g/mol. The SMILES string of the molecule is O=C([O-])c1cc(F)c(Cl)nc1Cl. The molecule has 1 heterocycles. The Labute approximate surface area is 76.7 Å². The van der Waals surface area contributed by atoms with Crippen molar-refractivity contribution in [2.24, 2.45) is 0 Å². The lowest BCUT2D eigenvalue weighted by molar-refractivity contribution is -0.255. The van der Waals surface area contributed by atoms with Crippen LogP contribution in [0, 0.1) is 5.82 Å². The second-order valence-corrected chi connectivity index (χ2v) is 2.60. The Morgan fingerprint density at radius 2 is 2.08 bits per heavy atom. The van der Waals surface area contributed by atoms with E-state index in [0.29, 0.717) is 6.07 Å². The lowest BCUT2D eigenvalue weighted by Crippen LogP contribution is -2.23. The van der Waals surface area contributed by atoms with Crippen LogP contribution >= 0.6 is 23.2 Å². The van der Waals surface area contributed by atoms with Crippen LogP contribution in [0.25, 0.3) is 0 Å².